The van der Waals surface area contributed by atoms with E-state index in [0.29, 0.717) is 44.4 Å². The molecule has 2 heterocycles. The quantitative estimate of drug-likeness (QED) is 0.168. The van der Waals surface area contributed by atoms with Gasteiger partial charge in [-0.2, -0.15) is 13.2 Å². The molecule has 0 aromatic carbocycles. The molecule has 24 nitrogen and oxygen atoms in total. The summed E-state index contributed by atoms with van der Waals surface area (Å²) in [5, 5.41) is 7.59. The van der Waals surface area contributed by atoms with E-state index in [1.54, 1.807) is 13.8 Å². The summed E-state index contributed by atoms with van der Waals surface area (Å²) in [6, 6.07) is -11.1. The highest BCUT2D eigenvalue weighted by Gasteiger charge is 2.52. The molecule has 29 heteroatoms. The number of nitrogens with one attached hydrogen (secondary N) is 3. The van der Waals surface area contributed by atoms with E-state index in [1.807, 2.05) is 13.8 Å². The second-order valence-electron chi connectivity index (χ2n) is 31.3. The van der Waals surface area contributed by atoms with Gasteiger partial charge in [-0.05, 0) is 126 Å². The van der Waals surface area contributed by atoms with Crippen LogP contribution in [0.1, 0.15) is 196 Å². The van der Waals surface area contributed by atoms with Crippen LogP contribution in [0.5, 0.6) is 0 Å². The molecule has 4 aliphatic carbocycles. The van der Waals surface area contributed by atoms with E-state index in [4.69, 9.17) is 11.6 Å². The van der Waals surface area contributed by atoms with Crippen LogP contribution >= 0.6 is 27.5 Å². The largest absolute Gasteiger partial charge is 0.393 e. The molecule has 0 radical (unpaired) electrons. The van der Waals surface area contributed by atoms with Crippen LogP contribution in [-0.4, -0.2) is 268 Å². The Kier molecular flexibility index (Phi) is 30.8. The lowest BCUT2D eigenvalue weighted by molar-refractivity contribution is -0.182. The van der Waals surface area contributed by atoms with Gasteiger partial charge in [0.25, 0.3) is 0 Å². The fraction of sp³-hybridized carbons (Fsp3) is 0.836. The van der Waals surface area contributed by atoms with Gasteiger partial charge < -0.3 is 60.0 Å². The minimum atomic E-state index is -4.52. The van der Waals surface area contributed by atoms with Gasteiger partial charge in [0.05, 0.1) is 18.9 Å². The van der Waals surface area contributed by atoms with Crippen molar-refractivity contribution in [1.29, 1.82) is 0 Å². The molecule has 16 atom stereocenters. The zero-order chi connectivity index (χ0) is 76.3. The lowest BCUT2D eigenvalue weighted by atomic mass is 9.78. The van der Waals surface area contributed by atoms with Crippen molar-refractivity contribution in [2.24, 2.45) is 41.4 Å². The fourth-order valence-corrected chi connectivity index (χ4v) is 17.5. The molecular formula is C73H119BrClF3N12O12. The predicted molar refractivity (Wildman–Crippen MR) is 385 cm³/mol. The Morgan fingerprint density at radius 1 is 0.618 bits per heavy atom. The molecule has 578 valence electrons. The molecule has 6 rings (SSSR count). The van der Waals surface area contributed by atoms with E-state index in [0.717, 1.165) is 48.3 Å². The molecule has 4 saturated carbocycles. The molecule has 0 aromatic rings. The average Bonchev–Trinajstić information content (AvgIpc) is 1.31. The van der Waals surface area contributed by atoms with Crippen LogP contribution in [0, 0.1) is 41.4 Å². The Morgan fingerprint density at radius 3 is 1.77 bits per heavy atom. The van der Waals surface area contributed by atoms with E-state index in [9.17, 15) is 46.7 Å². The van der Waals surface area contributed by atoms with Crippen molar-refractivity contribution in [2.75, 3.05) is 76.5 Å². The van der Waals surface area contributed by atoms with Gasteiger partial charge in [0.1, 0.15) is 59.9 Å². The van der Waals surface area contributed by atoms with Crippen LogP contribution < -0.4 is 16.0 Å². The molecule has 2 aliphatic heterocycles. The summed E-state index contributed by atoms with van der Waals surface area (Å²) in [5.41, 5.74) is -1.61. The predicted octanol–water partition coefficient (Wildman–Crippen LogP) is 6.96. The van der Waals surface area contributed by atoms with Crippen molar-refractivity contribution in [3.63, 3.8) is 0 Å². The van der Waals surface area contributed by atoms with Gasteiger partial charge in [0.2, 0.25) is 70.9 Å². The maximum absolute atomic E-state index is 15.7. The first kappa shape index (κ1) is 85.1. The number of amides is 12. The van der Waals surface area contributed by atoms with Gasteiger partial charge in [-0.15, -0.1) is 11.6 Å². The third kappa shape index (κ3) is 20.6. The van der Waals surface area contributed by atoms with Crippen molar-refractivity contribution in [3.05, 3.63) is 0 Å². The summed E-state index contributed by atoms with van der Waals surface area (Å²) in [4.78, 5) is 191. The number of nitrogens with zero attached hydrogens (tertiary/aromatic N) is 9. The molecule has 102 heavy (non-hydrogen) atoms. The highest BCUT2D eigenvalue weighted by atomic mass is 79.9. The lowest BCUT2D eigenvalue weighted by Gasteiger charge is -2.45. The van der Waals surface area contributed by atoms with Crippen LogP contribution in [0.3, 0.4) is 0 Å². The minimum Gasteiger partial charge on any atom is -0.347 e. The van der Waals surface area contributed by atoms with E-state index in [-0.39, 0.29) is 93.3 Å². The molecule has 12 amide bonds. The topological polar surface area (TPSA) is 270 Å². The van der Waals surface area contributed by atoms with E-state index in [2.05, 4.69) is 38.8 Å². The first-order chi connectivity index (χ1) is 47.7. The molecule has 5 unspecified atom stereocenters. The number of carbonyl (C=O) groups excluding carboxylic acids is 12. The van der Waals surface area contributed by atoms with Crippen molar-refractivity contribution in [3.8, 4) is 0 Å². The summed E-state index contributed by atoms with van der Waals surface area (Å²) >= 11 is 10.2. The average molecular weight is 1530 g/mol. The van der Waals surface area contributed by atoms with Crippen LogP contribution in [0.4, 0.5) is 13.2 Å². The smallest absolute Gasteiger partial charge is 0.347 e. The molecule has 3 N–H and O–H groups in total. The molecule has 2 saturated heterocycles. The second-order valence-corrected chi connectivity index (χ2v) is 33.2. The third-order valence-corrected chi connectivity index (χ3v) is 25.4. The van der Waals surface area contributed by atoms with Gasteiger partial charge in [-0.3, -0.25) is 57.5 Å². The van der Waals surface area contributed by atoms with Crippen LogP contribution in [0.2, 0.25) is 0 Å². The summed E-state index contributed by atoms with van der Waals surface area (Å²) in [5.74, 6) is -10.7. The molecule has 6 fully saturated rings. The van der Waals surface area contributed by atoms with Gasteiger partial charge in [0.15, 0.2) is 0 Å². The molecule has 0 aromatic heterocycles. The lowest BCUT2D eigenvalue weighted by Crippen LogP contribution is -2.65. The summed E-state index contributed by atoms with van der Waals surface area (Å²) in [6.07, 6.45) is 3.86. The molecular weight excluding hydrogens is 1410 g/mol. The van der Waals surface area contributed by atoms with Crippen molar-refractivity contribution in [2.45, 2.75) is 272 Å². The highest BCUT2D eigenvalue weighted by Crippen LogP contribution is 2.44. The van der Waals surface area contributed by atoms with Crippen molar-refractivity contribution < 1.29 is 70.7 Å². The van der Waals surface area contributed by atoms with E-state index >= 15 is 24.0 Å². The van der Waals surface area contributed by atoms with Gasteiger partial charge in [0, 0.05) is 80.2 Å². The monoisotopic (exact) mass is 1530 g/mol. The third-order valence-electron chi connectivity index (χ3n) is 24.1. The standard InChI is InChI=1S/C73H119BrClF3N12O12/c1-17-43(4)60-69(100)85(12)46(7)64(95)90-35-32-54(90)68(99)87(14)56(38-48-26-24-42(3)25-27-48)67(98)83(10)41-58(91)79-53(31-29-47-28-30-51(52(75)37-47)73(76,77)78)65(96)86(13)55(39-49-22-21-23-50(74)36-49)63(94)81-72(33-19-20-34-72)71(102)89(16)61(44(5)18-2)70(101)88(15)57(66(97)82(8)9)40-59(92)84(11)45(6)62(93)80-60/h42-57,60-61H,17-41H2,1-16H3,(H,79,91)(H,80,93)(H,81,94)/t42?,43-,44-,45-,46-,47?,48?,49?,50?,51?,52?,53-,54-,55-,56-,57-,60-,61-/m0/s1. The summed E-state index contributed by atoms with van der Waals surface area (Å²) in [6.45, 7) is 11.8. The van der Waals surface area contributed by atoms with Crippen LogP contribution in [-0.2, 0) is 57.5 Å². The number of rotatable bonds is 12. The summed E-state index contributed by atoms with van der Waals surface area (Å²) < 4.78 is 42.4. The fourth-order valence-electron chi connectivity index (χ4n) is 16.2. The first-order valence-electron chi connectivity index (χ1n) is 37.3. The minimum absolute atomic E-state index is 0.0113. The van der Waals surface area contributed by atoms with Crippen LogP contribution in [0.25, 0.3) is 0 Å². The van der Waals surface area contributed by atoms with E-state index in [1.165, 1.54) is 112 Å². The number of fused-ring (bicyclic) bond motifs is 1. The molecule has 1 spiro atoms. The Hall–Kier alpha value is -5.80. The van der Waals surface area contributed by atoms with Gasteiger partial charge >= 0.3 is 6.18 Å². The van der Waals surface area contributed by atoms with Gasteiger partial charge in [-0.25, -0.2) is 0 Å². The Bertz CT molecular complexity index is 2990. The van der Waals surface area contributed by atoms with E-state index < -0.39 is 173 Å². The van der Waals surface area contributed by atoms with Crippen molar-refractivity contribution >= 4 is 98.4 Å². The number of carbonyl (C=O) groups is 12. The number of likely N-dealkylation sites (N-methyl/N-ethyl adjacent to an activating group) is 8. The maximum Gasteiger partial charge on any atom is 0.393 e. The number of halogens is 5. The second kappa shape index (κ2) is 37.0. The Morgan fingerprint density at radius 2 is 1.22 bits per heavy atom. The summed E-state index contributed by atoms with van der Waals surface area (Å²) in [7, 11) is 12.9. The number of hydrogen-bond acceptors (Lipinski definition) is 12. The van der Waals surface area contributed by atoms with Gasteiger partial charge in [-0.1, -0.05) is 115 Å². The highest BCUT2D eigenvalue weighted by molar-refractivity contribution is 9.09. The number of hydrogen-bond donors (Lipinski definition) is 3. The SMILES string of the molecule is CC[C@H](C)[C@@H]1NC(=O)[C@H](C)N(C)C(=O)C[C@@H](C(=O)N(C)C)N(C)C(=O)[C@H]([C@@H](C)CC)N(C)C(=O)C2(CCCC2)NC(=O)[C@H](CC2CCCC(Br)C2)N(C)C(=O)[C@H](CCC2CCC(C(F)(F)F)C(Cl)C2)NC(=O)CN(C)C(=O)[C@H](CC2CCC(C)CC2)N(C)C(=O)[C@@H]2CCN2C(=O)[C@H](C)N(C)C1=O. The Balaban J connectivity index is 1.45. The maximum atomic E-state index is 15.7. The first-order valence-corrected chi connectivity index (χ1v) is 38.7. The van der Waals surface area contributed by atoms with Crippen LogP contribution in [0.15, 0.2) is 0 Å². The Labute approximate surface area is 616 Å². The normalized spacial score (nSPS) is 33.0. The molecule has 0 bridgehead atoms. The zero-order valence-corrected chi connectivity index (χ0v) is 65.7. The van der Waals surface area contributed by atoms with Crippen molar-refractivity contribution in [1.82, 2.24) is 60.0 Å². The number of alkyl halides is 5. The molecule has 6 aliphatic rings. The zero-order valence-electron chi connectivity index (χ0n) is 63.4.